The molecular weight excluding hydrogens is 234 g/mol. The van der Waals surface area contributed by atoms with Crippen LogP contribution < -0.4 is 5.32 Å². The van der Waals surface area contributed by atoms with Gasteiger partial charge in [0, 0.05) is 18.0 Å². The van der Waals surface area contributed by atoms with Gasteiger partial charge in [0.1, 0.15) is 6.10 Å². The Bertz CT molecular complexity index is 306. The number of hydrogen-bond donors (Lipinski definition) is 3. The molecule has 0 aliphatic rings. The van der Waals surface area contributed by atoms with Crippen molar-refractivity contribution in [3.63, 3.8) is 0 Å². The Labute approximate surface area is 107 Å². The zero-order chi connectivity index (χ0) is 12.9. The fourth-order valence-corrected chi connectivity index (χ4v) is 2.46. The summed E-state index contributed by atoms with van der Waals surface area (Å²) >= 11 is 1.55. The van der Waals surface area contributed by atoms with Crippen LogP contribution in [0.15, 0.2) is 17.5 Å². The van der Waals surface area contributed by atoms with E-state index in [1.807, 2.05) is 17.5 Å². The Morgan fingerprint density at radius 1 is 1.29 bits per heavy atom. The second-order valence-electron chi connectivity index (χ2n) is 5.61. The SMILES string of the molecule is CC(C)(C)CC(O)CNCC(O)c1cccs1. The van der Waals surface area contributed by atoms with Crippen LogP contribution in [0, 0.1) is 5.41 Å². The number of aliphatic hydroxyl groups excluding tert-OH is 2. The summed E-state index contributed by atoms with van der Waals surface area (Å²) in [5, 5.41) is 24.7. The first-order valence-corrected chi connectivity index (χ1v) is 6.87. The van der Waals surface area contributed by atoms with E-state index < -0.39 is 6.10 Å². The van der Waals surface area contributed by atoms with Gasteiger partial charge in [0.2, 0.25) is 0 Å². The minimum absolute atomic E-state index is 0.132. The van der Waals surface area contributed by atoms with Crippen molar-refractivity contribution in [1.82, 2.24) is 5.32 Å². The maximum absolute atomic E-state index is 9.82. The summed E-state index contributed by atoms with van der Waals surface area (Å²) in [5.74, 6) is 0. The van der Waals surface area contributed by atoms with Crippen LogP contribution in [0.3, 0.4) is 0 Å². The predicted octanol–water partition coefficient (Wildman–Crippen LogP) is 2.17. The molecule has 0 bridgehead atoms. The summed E-state index contributed by atoms with van der Waals surface area (Å²) in [7, 11) is 0. The van der Waals surface area contributed by atoms with Crippen LogP contribution in [-0.4, -0.2) is 29.4 Å². The molecule has 0 aliphatic heterocycles. The Morgan fingerprint density at radius 3 is 2.53 bits per heavy atom. The molecule has 2 atom stereocenters. The third kappa shape index (κ3) is 6.17. The molecule has 0 saturated carbocycles. The van der Waals surface area contributed by atoms with Gasteiger partial charge in [-0.25, -0.2) is 0 Å². The Hall–Kier alpha value is -0.420. The highest BCUT2D eigenvalue weighted by molar-refractivity contribution is 7.10. The first-order chi connectivity index (χ1) is 7.88. The lowest BCUT2D eigenvalue weighted by atomic mass is 9.89. The Morgan fingerprint density at radius 2 is 2.00 bits per heavy atom. The van der Waals surface area contributed by atoms with E-state index in [4.69, 9.17) is 0 Å². The quantitative estimate of drug-likeness (QED) is 0.732. The van der Waals surface area contributed by atoms with Gasteiger partial charge in [0.15, 0.2) is 0 Å². The standard InChI is InChI=1S/C13H23NO2S/c1-13(2,3)7-10(15)8-14-9-11(16)12-5-4-6-17-12/h4-6,10-11,14-16H,7-9H2,1-3H3. The topological polar surface area (TPSA) is 52.5 Å². The van der Waals surface area contributed by atoms with E-state index in [2.05, 4.69) is 26.1 Å². The molecule has 0 fully saturated rings. The molecule has 0 saturated heterocycles. The second-order valence-corrected chi connectivity index (χ2v) is 6.59. The van der Waals surface area contributed by atoms with Gasteiger partial charge in [-0.05, 0) is 23.3 Å². The van der Waals surface area contributed by atoms with Crippen molar-refractivity contribution in [2.45, 2.75) is 39.4 Å². The molecule has 1 aromatic heterocycles. The molecule has 0 amide bonds. The molecule has 3 N–H and O–H groups in total. The third-order valence-corrected chi connectivity index (χ3v) is 3.41. The highest BCUT2D eigenvalue weighted by Crippen LogP contribution is 2.21. The molecule has 4 heteroatoms. The highest BCUT2D eigenvalue weighted by atomic mass is 32.1. The summed E-state index contributed by atoms with van der Waals surface area (Å²) in [5.41, 5.74) is 0.132. The Kier molecular flexibility index (Phi) is 5.59. The molecule has 0 aliphatic carbocycles. The van der Waals surface area contributed by atoms with E-state index >= 15 is 0 Å². The summed E-state index contributed by atoms with van der Waals surface area (Å²) < 4.78 is 0. The molecule has 98 valence electrons. The van der Waals surface area contributed by atoms with Crippen LogP contribution in [0.4, 0.5) is 0 Å². The molecular formula is C13H23NO2S. The van der Waals surface area contributed by atoms with E-state index in [9.17, 15) is 10.2 Å². The lowest BCUT2D eigenvalue weighted by molar-refractivity contribution is 0.111. The average molecular weight is 257 g/mol. The minimum Gasteiger partial charge on any atom is -0.392 e. The predicted molar refractivity (Wildman–Crippen MR) is 72.2 cm³/mol. The summed E-state index contributed by atoms with van der Waals surface area (Å²) in [4.78, 5) is 0.961. The van der Waals surface area contributed by atoms with Crippen LogP contribution in [0.1, 0.15) is 38.2 Å². The molecule has 3 nitrogen and oxygen atoms in total. The van der Waals surface area contributed by atoms with E-state index in [0.29, 0.717) is 13.1 Å². The van der Waals surface area contributed by atoms with Crippen molar-refractivity contribution >= 4 is 11.3 Å². The van der Waals surface area contributed by atoms with Crippen LogP contribution in [0.5, 0.6) is 0 Å². The van der Waals surface area contributed by atoms with Crippen molar-refractivity contribution in [3.05, 3.63) is 22.4 Å². The fourth-order valence-electron chi connectivity index (χ4n) is 1.75. The molecule has 0 aromatic carbocycles. The first kappa shape index (κ1) is 14.6. The van der Waals surface area contributed by atoms with Crippen LogP contribution >= 0.6 is 11.3 Å². The van der Waals surface area contributed by atoms with Gasteiger partial charge < -0.3 is 15.5 Å². The maximum atomic E-state index is 9.82. The molecule has 0 spiro atoms. The summed E-state index contributed by atoms with van der Waals surface area (Å²) in [6.07, 6.45) is -0.0721. The number of hydrogen-bond acceptors (Lipinski definition) is 4. The van der Waals surface area contributed by atoms with Crippen molar-refractivity contribution < 1.29 is 10.2 Å². The number of nitrogens with one attached hydrogen (secondary N) is 1. The van der Waals surface area contributed by atoms with E-state index in [-0.39, 0.29) is 11.5 Å². The average Bonchev–Trinajstić information content (AvgIpc) is 2.66. The normalized spacial score (nSPS) is 15.8. The van der Waals surface area contributed by atoms with Gasteiger partial charge in [0.25, 0.3) is 0 Å². The van der Waals surface area contributed by atoms with Gasteiger partial charge in [-0.3, -0.25) is 0 Å². The third-order valence-electron chi connectivity index (χ3n) is 2.44. The lowest BCUT2D eigenvalue weighted by Crippen LogP contribution is -2.32. The van der Waals surface area contributed by atoms with Crippen molar-refractivity contribution in [1.29, 1.82) is 0 Å². The van der Waals surface area contributed by atoms with Gasteiger partial charge in [-0.15, -0.1) is 11.3 Å². The molecule has 1 rings (SSSR count). The smallest absolute Gasteiger partial charge is 0.101 e. The van der Waals surface area contributed by atoms with Crippen LogP contribution in [0.25, 0.3) is 0 Å². The number of rotatable bonds is 6. The second kappa shape index (κ2) is 6.50. The molecule has 1 heterocycles. The minimum atomic E-state index is -0.475. The maximum Gasteiger partial charge on any atom is 0.101 e. The monoisotopic (exact) mass is 257 g/mol. The van der Waals surface area contributed by atoms with Gasteiger partial charge in [-0.1, -0.05) is 26.8 Å². The van der Waals surface area contributed by atoms with E-state index in [1.54, 1.807) is 11.3 Å². The van der Waals surface area contributed by atoms with Gasteiger partial charge >= 0.3 is 0 Å². The summed E-state index contributed by atoms with van der Waals surface area (Å²) in [6, 6.07) is 3.85. The molecule has 0 radical (unpaired) electrons. The zero-order valence-electron chi connectivity index (χ0n) is 10.8. The lowest BCUT2D eigenvalue weighted by Gasteiger charge is -2.22. The number of thiophene rings is 1. The largest absolute Gasteiger partial charge is 0.392 e. The highest BCUT2D eigenvalue weighted by Gasteiger charge is 2.16. The zero-order valence-corrected chi connectivity index (χ0v) is 11.6. The molecule has 17 heavy (non-hydrogen) atoms. The van der Waals surface area contributed by atoms with Crippen LogP contribution in [-0.2, 0) is 0 Å². The van der Waals surface area contributed by atoms with Gasteiger partial charge in [0.05, 0.1) is 6.10 Å². The first-order valence-electron chi connectivity index (χ1n) is 5.99. The van der Waals surface area contributed by atoms with Crippen molar-refractivity contribution in [2.75, 3.05) is 13.1 Å². The van der Waals surface area contributed by atoms with Gasteiger partial charge in [-0.2, -0.15) is 0 Å². The number of aliphatic hydroxyl groups is 2. The van der Waals surface area contributed by atoms with Crippen molar-refractivity contribution in [2.24, 2.45) is 5.41 Å². The summed E-state index contributed by atoms with van der Waals surface area (Å²) in [6.45, 7) is 7.34. The van der Waals surface area contributed by atoms with E-state index in [1.165, 1.54) is 0 Å². The van der Waals surface area contributed by atoms with Crippen LogP contribution in [0.2, 0.25) is 0 Å². The fraction of sp³-hybridized carbons (Fsp3) is 0.692. The molecule has 2 unspecified atom stereocenters. The van der Waals surface area contributed by atoms with E-state index in [0.717, 1.165) is 11.3 Å². The Balaban J connectivity index is 2.19. The van der Waals surface area contributed by atoms with Crippen molar-refractivity contribution in [3.8, 4) is 0 Å². The molecule has 1 aromatic rings.